The summed E-state index contributed by atoms with van der Waals surface area (Å²) < 4.78 is 39.7. The molecule has 1 atom stereocenters. The van der Waals surface area contributed by atoms with Crippen molar-refractivity contribution in [1.29, 1.82) is 0 Å². The quantitative estimate of drug-likeness (QED) is 0.244. The van der Waals surface area contributed by atoms with Crippen LogP contribution < -0.4 is 0 Å². The molecule has 7 nitrogen and oxygen atoms in total. The zero-order chi connectivity index (χ0) is 27.9. The first-order valence-corrected chi connectivity index (χ1v) is 14.4. The highest BCUT2D eigenvalue weighted by Crippen LogP contribution is 2.34. The van der Waals surface area contributed by atoms with Crippen LogP contribution in [0.5, 0.6) is 0 Å². The molecule has 0 spiro atoms. The molecule has 0 aliphatic carbocycles. The molecule has 3 rings (SSSR count). The molecule has 2 aromatic carbocycles. The molecule has 0 aliphatic rings. The Hall–Kier alpha value is -2.78. The molecule has 3 aromatic rings. The normalized spacial score (nSPS) is 12.5. The summed E-state index contributed by atoms with van der Waals surface area (Å²) in [6.07, 6.45) is 2.20. The molecule has 0 unspecified atom stereocenters. The highest BCUT2D eigenvalue weighted by Gasteiger charge is 2.31. The van der Waals surface area contributed by atoms with E-state index in [9.17, 15) is 13.2 Å². The van der Waals surface area contributed by atoms with Gasteiger partial charge in [0.15, 0.2) is 0 Å². The molecular weight excluding hydrogens is 524 g/mol. The first-order valence-electron chi connectivity index (χ1n) is 12.6. The molecule has 0 bridgehead atoms. The fourth-order valence-corrected chi connectivity index (χ4v) is 6.57. The lowest BCUT2D eigenvalue weighted by molar-refractivity contribution is -0.143. The second-order valence-electron chi connectivity index (χ2n) is 9.05. The van der Waals surface area contributed by atoms with Crippen molar-refractivity contribution in [3.05, 3.63) is 82.1 Å². The van der Waals surface area contributed by atoms with Gasteiger partial charge < -0.3 is 9.47 Å². The van der Waals surface area contributed by atoms with Gasteiger partial charge in [-0.3, -0.25) is 9.78 Å². The summed E-state index contributed by atoms with van der Waals surface area (Å²) in [6, 6.07) is 14.1. The second-order valence-corrected chi connectivity index (χ2v) is 11.3. The van der Waals surface area contributed by atoms with E-state index in [1.54, 1.807) is 45.4 Å². The van der Waals surface area contributed by atoms with Crippen LogP contribution >= 0.6 is 11.6 Å². The van der Waals surface area contributed by atoms with Crippen LogP contribution in [0.25, 0.3) is 11.1 Å². The lowest BCUT2D eigenvalue weighted by atomic mass is 9.96. The fourth-order valence-electron chi connectivity index (χ4n) is 4.43. The van der Waals surface area contributed by atoms with Crippen molar-refractivity contribution in [2.45, 2.75) is 58.1 Å². The van der Waals surface area contributed by atoms with Gasteiger partial charge in [-0.05, 0) is 86.2 Å². The molecule has 0 saturated carbocycles. The van der Waals surface area contributed by atoms with E-state index in [-0.39, 0.29) is 30.4 Å². The number of ether oxygens (including phenoxy) is 2. The minimum absolute atomic E-state index is 0.125. The number of aromatic nitrogens is 1. The number of carbonyl (C=O) groups is 1. The number of nitrogens with zero attached hydrogens (tertiary/aromatic N) is 2. The molecule has 38 heavy (non-hydrogen) atoms. The summed E-state index contributed by atoms with van der Waals surface area (Å²) in [4.78, 5) is 16.5. The van der Waals surface area contributed by atoms with Gasteiger partial charge in [-0.2, -0.15) is 4.31 Å². The van der Waals surface area contributed by atoms with Gasteiger partial charge in [0.2, 0.25) is 10.0 Å². The van der Waals surface area contributed by atoms with Crippen LogP contribution in [-0.2, 0) is 30.9 Å². The van der Waals surface area contributed by atoms with Crippen molar-refractivity contribution >= 4 is 27.6 Å². The molecule has 0 radical (unpaired) electrons. The highest BCUT2D eigenvalue weighted by atomic mass is 35.5. The van der Waals surface area contributed by atoms with Crippen molar-refractivity contribution in [2.75, 3.05) is 20.3 Å². The molecule has 0 saturated heterocycles. The summed E-state index contributed by atoms with van der Waals surface area (Å²) in [5, 5.41) is 0.382. The first-order chi connectivity index (χ1) is 18.1. The van der Waals surface area contributed by atoms with E-state index in [2.05, 4.69) is 4.98 Å². The molecule has 204 valence electrons. The summed E-state index contributed by atoms with van der Waals surface area (Å²) >= 11 is 6.28. The Morgan fingerprint density at radius 3 is 2.55 bits per heavy atom. The minimum atomic E-state index is -3.94. The third kappa shape index (κ3) is 6.80. The zero-order valence-corrected chi connectivity index (χ0v) is 24.1. The maximum atomic E-state index is 14.0. The first kappa shape index (κ1) is 29.8. The van der Waals surface area contributed by atoms with Crippen LogP contribution in [0.2, 0.25) is 5.02 Å². The third-order valence-corrected chi connectivity index (χ3v) is 9.09. The highest BCUT2D eigenvalue weighted by molar-refractivity contribution is 7.89. The third-order valence-electron chi connectivity index (χ3n) is 6.57. The Morgan fingerprint density at radius 2 is 1.84 bits per heavy atom. The van der Waals surface area contributed by atoms with E-state index >= 15 is 0 Å². The van der Waals surface area contributed by atoms with Crippen molar-refractivity contribution in [3.8, 4) is 11.1 Å². The average molecular weight is 559 g/mol. The predicted molar refractivity (Wildman–Crippen MR) is 149 cm³/mol. The number of esters is 1. The van der Waals surface area contributed by atoms with E-state index in [1.807, 2.05) is 44.2 Å². The van der Waals surface area contributed by atoms with Gasteiger partial charge in [0.05, 0.1) is 23.8 Å². The van der Waals surface area contributed by atoms with Crippen molar-refractivity contribution < 1.29 is 22.7 Å². The van der Waals surface area contributed by atoms with Crippen molar-refractivity contribution in [2.24, 2.45) is 0 Å². The van der Waals surface area contributed by atoms with Crippen LogP contribution in [0.4, 0.5) is 0 Å². The Labute approximate surface area is 230 Å². The molecule has 0 aliphatic heterocycles. The predicted octanol–water partition coefficient (Wildman–Crippen LogP) is 6.26. The van der Waals surface area contributed by atoms with Crippen molar-refractivity contribution in [3.63, 3.8) is 0 Å². The number of hydrogen-bond donors (Lipinski definition) is 0. The maximum Gasteiger partial charge on any atom is 0.305 e. The standard InChI is InChI=1S/C29H35ClN2O5S/c1-6-37-29(33)14-9-17-32(38(34,35)28-13-8-12-26(30)21(28)3)22(4)23-10-7-11-24(18-23)25-15-16-31-27(19-36-5)20(25)2/h7-8,10-13,15-16,18,22H,6,9,14,17,19H2,1-5H3/t22-/m0/s1. The summed E-state index contributed by atoms with van der Waals surface area (Å²) in [7, 11) is -2.31. The average Bonchev–Trinajstić information content (AvgIpc) is 2.89. The number of pyridine rings is 1. The fraction of sp³-hybridized carbons (Fsp3) is 0.379. The van der Waals surface area contributed by atoms with Crippen molar-refractivity contribution in [1.82, 2.24) is 9.29 Å². The summed E-state index contributed by atoms with van der Waals surface area (Å²) in [5.74, 6) is -0.349. The van der Waals surface area contributed by atoms with Gasteiger partial charge in [-0.25, -0.2) is 8.42 Å². The second kappa shape index (κ2) is 13.3. The molecule has 9 heteroatoms. The summed E-state index contributed by atoms with van der Waals surface area (Å²) in [6.45, 7) is 8.13. The van der Waals surface area contributed by atoms with Crippen LogP contribution in [0.15, 0.2) is 59.6 Å². The van der Waals surface area contributed by atoms with Gasteiger partial charge in [0, 0.05) is 37.3 Å². The van der Waals surface area contributed by atoms with E-state index in [0.29, 0.717) is 23.6 Å². The number of benzene rings is 2. The van der Waals surface area contributed by atoms with Crippen LogP contribution in [-0.4, -0.2) is 43.9 Å². The van der Waals surface area contributed by atoms with Gasteiger partial charge in [0.1, 0.15) is 0 Å². The molecular formula is C29H35ClN2O5S. The number of halogens is 1. The van der Waals surface area contributed by atoms with E-state index < -0.39 is 16.1 Å². The van der Waals surface area contributed by atoms with Crippen LogP contribution in [0, 0.1) is 13.8 Å². The van der Waals surface area contributed by atoms with Gasteiger partial charge in [-0.1, -0.05) is 35.9 Å². The molecule has 0 fully saturated rings. The van der Waals surface area contributed by atoms with Gasteiger partial charge in [0.25, 0.3) is 0 Å². The molecule has 1 aromatic heterocycles. The minimum Gasteiger partial charge on any atom is -0.466 e. The van der Waals surface area contributed by atoms with Gasteiger partial charge in [-0.15, -0.1) is 0 Å². The Bertz CT molecular complexity index is 1380. The van der Waals surface area contributed by atoms with E-state index in [4.69, 9.17) is 21.1 Å². The summed E-state index contributed by atoms with van der Waals surface area (Å²) in [5.41, 5.74) is 5.13. The Balaban J connectivity index is 2.02. The van der Waals surface area contributed by atoms with Gasteiger partial charge >= 0.3 is 5.97 Å². The number of rotatable bonds is 12. The largest absolute Gasteiger partial charge is 0.466 e. The number of carbonyl (C=O) groups excluding carboxylic acids is 1. The maximum absolute atomic E-state index is 14.0. The molecule has 0 N–H and O–H groups in total. The van der Waals surface area contributed by atoms with E-state index in [0.717, 1.165) is 27.9 Å². The van der Waals surface area contributed by atoms with Crippen LogP contribution in [0.1, 0.15) is 55.1 Å². The van der Waals surface area contributed by atoms with Crippen LogP contribution in [0.3, 0.4) is 0 Å². The number of methoxy groups -OCH3 is 1. The lowest BCUT2D eigenvalue weighted by Crippen LogP contribution is -2.35. The number of sulfonamides is 1. The molecule has 1 heterocycles. The lowest BCUT2D eigenvalue weighted by Gasteiger charge is -2.30. The Morgan fingerprint density at radius 1 is 1.11 bits per heavy atom. The Kier molecular flexibility index (Phi) is 10.4. The zero-order valence-electron chi connectivity index (χ0n) is 22.5. The SMILES string of the molecule is CCOC(=O)CCCN([C@@H](C)c1cccc(-c2ccnc(COC)c2C)c1)S(=O)(=O)c1cccc(Cl)c1C. The smallest absolute Gasteiger partial charge is 0.305 e. The number of hydrogen-bond acceptors (Lipinski definition) is 6. The monoisotopic (exact) mass is 558 g/mol. The van der Waals surface area contributed by atoms with E-state index in [1.165, 1.54) is 4.31 Å². The topological polar surface area (TPSA) is 85.8 Å². The molecule has 0 amide bonds.